The quantitative estimate of drug-likeness (QED) is 0.342. The number of rotatable bonds is 5. The number of hydrogen-bond acceptors (Lipinski definition) is 5. The predicted molar refractivity (Wildman–Crippen MR) is 118 cm³/mol. The first kappa shape index (κ1) is 23.0. The van der Waals surface area contributed by atoms with Crippen molar-refractivity contribution < 1.29 is 15.4 Å². The van der Waals surface area contributed by atoms with Crippen LogP contribution >= 0.6 is 0 Å². The van der Waals surface area contributed by atoms with E-state index in [1.54, 1.807) is 0 Å². The summed E-state index contributed by atoms with van der Waals surface area (Å²) in [6.07, 6.45) is 8.82. The molecule has 6 N–H and O–H groups in total. The zero-order valence-corrected chi connectivity index (χ0v) is 19.6. The summed E-state index contributed by atoms with van der Waals surface area (Å²) in [5.41, 5.74) is 8.74. The first-order valence-corrected chi connectivity index (χ1v) is 12.7. The van der Waals surface area contributed by atoms with Crippen molar-refractivity contribution in [2.75, 3.05) is 0 Å². The molecule has 4 aliphatic rings. The third kappa shape index (κ3) is 3.39. The molecule has 174 valence electrons. The zero-order valence-electron chi connectivity index (χ0n) is 19.6. The minimum Gasteiger partial charge on any atom is -0.393 e. The van der Waals surface area contributed by atoms with Crippen LogP contribution in [0.1, 0.15) is 85.5 Å². The molecule has 4 fully saturated rings. The topological polar surface area (TPSA) is 98.7 Å². The number of fused-ring (bicyclic) bond motifs is 5. The maximum absolute atomic E-state index is 11.7. The number of aliphatic hydroxyl groups excluding tert-OH is 2. The summed E-state index contributed by atoms with van der Waals surface area (Å²) < 4.78 is 0. The van der Waals surface area contributed by atoms with Crippen molar-refractivity contribution in [3.63, 3.8) is 0 Å². The SMILES string of the molecule is CC[C@H]1[C@@H](O)C2C3CC[C@H]([C@H](C)CC(N)NO)[C@@]3(C)CCC2[C@@]2(C)CC[C@@H](O)C[C@@H]12. The molecule has 0 radical (unpaired) electrons. The van der Waals surface area contributed by atoms with Crippen molar-refractivity contribution in [1.82, 2.24) is 5.48 Å². The summed E-state index contributed by atoms with van der Waals surface area (Å²) in [7, 11) is 0. The van der Waals surface area contributed by atoms with Crippen molar-refractivity contribution in [3.05, 3.63) is 0 Å². The van der Waals surface area contributed by atoms with Gasteiger partial charge in [0.1, 0.15) is 0 Å². The molecule has 0 saturated heterocycles. The fourth-order valence-corrected chi connectivity index (χ4v) is 9.55. The molecule has 0 amide bonds. The summed E-state index contributed by atoms with van der Waals surface area (Å²) in [6.45, 7) is 9.53. The van der Waals surface area contributed by atoms with Crippen LogP contribution < -0.4 is 11.2 Å². The molecule has 5 nitrogen and oxygen atoms in total. The molecule has 0 spiro atoms. The Morgan fingerprint density at radius 1 is 1.00 bits per heavy atom. The predicted octanol–water partition coefficient (Wildman–Crippen LogP) is 3.90. The number of hydrogen-bond donors (Lipinski definition) is 5. The molecule has 0 heterocycles. The van der Waals surface area contributed by atoms with E-state index in [9.17, 15) is 15.4 Å². The lowest BCUT2D eigenvalue weighted by molar-refractivity contribution is -0.203. The molecule has 0 bridgehead atoms. The third-order valence-electron chi connectivity index (χ3n) is 10.9. The highest BCUT2D eigenvalue weighted by Gasteiger charge is 2.64. The Morgan fingerprint density at radius 3 is 2.33 bits per heavy atom. The Balaban J connectivity index is 1.62. The van der Waals surface area contributed by atoms with Gasteiger partial charge in [-0.3, -0.25) is 0 Å². The second kappa shape index (κ2) is 8.30. The number of hydroxylamine groups is 1. The lowest BCUT2D eigenvalue weighted by Crippen LogP contribution is -2.62. The van der Waals surface area contributed by atoms with Gasteiger partial charge in [0.2, 0.25) is 0 Å². The van der Waals surface area contributed by atoms with E-state index < -0.39 is 0 Å². The molecule has 4 unspecified atom stereocenters. The van der Waals surface area contributed by atoms with Crippen LogP contribution in [-0.4, -0.2) is 33.8 Å². The van der Waals surface area contributed by atoms with Gasteiger partial charge in [0, 0.05) is 0 Å². The molecule has 4 rings (SSSR count). The van der Waals surface area contributed by atoms with Crippen molar-refractivity contribution in [2.45, 2.75) is 104 Å². The van der Waals surface area contributed by atoms with Gasteiger partial charge in [-0.15, -0.1) is 0 Å². The summed E-state index contributed by atoms with van der Waals surface area (Å²) >= 11 is 0. The molecule has 5 heteroatoms. The molecule has 0 aromatic heterocycles. The van der Waals surface area contributed by atoms with Crippen LogP contribution in [0.5, 0.6) is 0 Å². The summed E-state index contributed by atoms with van der Waals surface area (Å²) in [6, 6.07) is 0. The van der Waals surface area contributed by atoms with E-state index in [0.29, 0.717) is 41.4 Å². The number of nitrogens with two attached hydrogens (primary N) is 1. The van der Waals surface area contributed by atoms with Gasteiger partial charge in [-0.1, -0.05) is 34.1 Å². The smallest absolute Gasteiger partial charge is 0.0787 e. The first-order valence-electron chi connectivity index (χ1n) is 12.7. The van der Waals surface area contributed by atoms with Crippen LogP contribution in [0.25, 0.3) is 0 Å². The molecular weight excluding hydrogens is 376 g/mol. The van der Waals surface area contributed by atoms with E-state index in [2.05, 4.69) is 33.2 Å². The Labute approximate surface area is 183 Å². The number of aliphatic hydroxyl groups is 2. The normalized spacial score (nSPS) is 52.8. The fourth-order valence-electron chi connectivity index (χ4n) is 9.55. The Hall–Kier alpha value is -0.200. The zero-order chi connectivity index (χ0) is 21.8. The fraction of sp³-hybridized carbons (Fsp3) is 1.00. The van der Waals surface area contributed by atoms with Crippen LogP contribution in [0.15, 0.2) is 0 Å². The van der Waals surface area contributed by atoms with Crippen molar-refractivity contribution in [2.24, 2.45) is 58.0 Å². The van der Waals surface area contributed by atoms with Gasteiger partial charge in [-0.05, 0) is 104 Å². The Kier molecular flexibility index (Phi) is 6.35. The van der Waals surface area contributed by atoms with E-state index in [4.69, 9.17) is 5.73 Å². The average molecular weight is 423 g/mol. The van der Waals surface area contributed by atoms with Crippen LogP contribution in [0, 0.1) is 52.3 Å². The highest BCUT2D eigenvalue weighted by molar-refractivity contribution is 5.13. The second-order valence-electron chi connectivity index (χ2n) is 12.1. The number of nitrogens with one attached hydrogen (secondary N) is 1. The molecule has 0 aromatic rings. The first-order chi connectivity index (χ1) is 14.2. The van der Waals surface area contributed by atoms with E-state index in [1.165, 1.54) is 25.7 Å². The Morgan fingerprint density at radius 2 is 1.67 bits per heavy atom. The molecule has 12 atom stereocenters. The van der Waals surface area contributed by atoms with Crippen LogP contribution in [-0.2, 0) is 0 Å². The molecular formula is C25H46N2O3. The highest BCUT2D eigenvalue weighted by atomic mass is 16.5. The van der Waals surface area contributed by atoms with Crippen molar-refractivity contribution in [3.8, 4) is 0 Å². The third-order valence-corrected chi connectivity index (χ3v) is 10.9. The molecule has 30 heavy (non-hydrogen) atoms. The molecule has 0 aromatic carbocycles. The van der Waals surface area contributed by atoms with Crippen LogP contribution in [0.3, 0.4) is 0 Å². The Bertz CT molecular complexity index is 617. The van der Waals surface area contributed by atoms with Gasteiger partial charge in [0.15, 0.2) is 0 Å². The second-order valence-corrected chi connectivity index (χ2v) is 12.1. The molecule has 4 saturated carbocycles. The van der Waals surface area contributed by atoms with E-state index in [0.717, 1.165) is 32.1 Å². The van der Waals surface area contributed by atoms with Gasteiger partial charge >= 0.3 is 0 Å². The van der Waals surface area contributed by atoms with E-state index in [1.807, 2.05) is 0 Å². The lowest BCUT2D eigenvalue weighted by Gasteiger charge is -2.64. The standard InChI is InChI=1S/C25H46N2O3/c1-5-16-20-13-15(28)8-10-25(20,4)19-9-11-24(3)17(14(2)12-21(26)27-30)6-7-18(24)22(19)23(16)29/h14-23,27-30H,5-13,26H2,1-4H3/t14-,15-,16-,17-,18?,19?,20+,21?,22?,23-,24-,25-/m1/s1. The van der Waals surface area contributed by atoms with E-state index >= 15 is 0 Å². The lowest BCUT2D eigenvalue weighted by atomic mass is 9.41. The van der Waals surface area contributed by atoms with Crippen molar-refractivity contribution in [1.29, 1.82) is 0 Å². The minimum absolute atomic E-state index is 0.184. The van der Waals surface area contributed by atoms with Crippen LogP contribution in [0.4, 0.5) is 0 Å². The van der Waals surface area contributed by atoms with Gasteiger partial charge in [-0.2, -0.15) is 5.48 Å². The molecule has 4 aliphatic carbocycles. The maximum Gasteiger partial charge on any atom is 0.0787 e. The van der Waals surface area contributed by atoms with Gasteiger partial charge < -0.3 is 21.2 Å². The maximum atomic E-state index is 11.7. The van der Waals surface area contributed by atoms with Gasteiger partial charge in [0.25, 0.3) is 0 Å². The van der Waals surface area contributed by atoms with Crippen molar-refractivity contribution >= 4 is 0 Å². The van der Waals surface area contributed by atoms with Crippen LogP contribution in [0.2, 0.25) is 0 Å². The monoisotopic (exact) mass is 422 g/mol. The van der Waals surface area contributed by atoms with Gasteiger partial charge in [0.05, 0.1) is 18.4 Å². The summed E-state index contributed by atoms with van der Waals surface area (Å²) in [5.74, 6) is 3.40. The minimum atomic E-state index is -0.364. The largest absolute Gasteiger partial charge is 0.393 e. The highest BCUT2D eigenvalue weighted by Crippen LogP contribution is 2.69. The van der Waals surface area contributed by atoms with Gasteiger partial charge in [-0.25, -0.2) is 0 Å². The summed E-state index contributed by atoms with van der Waals surface area (Å²) in [4.78, 5) is 0. The van der Waals surface area contributed by atoms with E-state index in [-0.39, 0.29) is 29.2 Å². The average Bonchev–Trinajstić information content (AvgIpc) is 3.06. The summed E-state index contributed by atoms with van der Waals surface area (Å²) in [5, 5.41) is 31.4. The molecule has 0 aliphatic heterocycles.